The molecule has 0 aromatic carbocycles. The van der Waals surface area contributed by atoms with Gasteiger partial charge in [0, 0.05) is 5.57 Å². The predicted octanol–water partition coefficient (Wildman–Crippen LogP) is 7.37. The highest BCUT2D eigenvalue weighted by Gasteiger charge is 2.09. The van der Waals surface area contributed by atoms with Crippen LogP contribution < -0.4 is 0 Å². The Morgan fingerprint density at radius 3 is 1.54 bits per heavy atom. The van der Waals surface area contributed by atoms with Gasteiger partial charge in [0.25, 0.3) is 0 Å². The predicted molar refractivity (Wildman–Crippen MR) is 105 cm³/mol. The average molecular weight is 339 g/mol. The Bertz CT molecular complexity index is 309. The van der Waals surface area contributed by atoms with Gasteiger partial charge in [-0.2, -0.15) is 0 Å². The van der Waals surface area contributed by atoms with Crippen LogP contribution in [0.4, 0.5) is 0 Å². The van der Waals surface area contributed by atoms with Gasteiger partial charge in [-0.05, 0) is 26.7 Å². The van der Waals surface area contributed by atoms with Gasteiger partial charge in [-0.1, -0.05) is 97.0 Å². The number of esters is 1. The van der Waals surface area contributed by atoms with Crippen LogP contribution in [0.3, 0.4) is 0 Å². The van der Waals surface area contributed by atoms with Crippen molar-refractivity contribution in [2.24, 2.45) is 0 Å². The van der Waals surface area contributed by atoms with Gasteiger partial charge in [0.1, 0.15) is 0 Å². The van der Waals surface area contributed by atoms with E-state index in [9.17, 15) is 4.79 Å². The minimum atomic E-state index is -0.257. The summed E-state index contributed by atoms with van der Waals surface area (Å²) in [5.41, 5.74) is 0.489. The summed E-state index contributed by atoms with van der Waals surface area (Å²) in [6, 6.07) is 0. The van der Waals surface area contributed by atoms with E-state index in [0.29, 0.717) is 5.57 Å². The molecule has 2 nitrogen and oxygen atoms in total. The van der Waals surface area contributed by atoms with Crippen molar-refractivity contribution in [3.8, 4) is 0 Å². The van der Waals surface area contributed by atoms with E-state index in [1.807, 2.05) is 6.92 Å². The topological polar surface area (TPSA) is 26.3 Å². The van der Waals surface area contributed by atoms with Crippen molar-refractivity contribution in [1.82, 2.24) is 0 Å². The van der Waals surface area contributed by atoms with Crippen molar-refractivity contribution in [2.75, 3.05) is 0 Å². The van der Waals surface area contributed by atoms with E-state index in [1.54, 1.807) is 6.92 Å². The zero-order chi connectivity index (χ0) is 18.0. The Labute approximate surface area is 151 Å². The molecule has 0 heterocycles. The Balaban J connectivity index is 3.20. The smallest absolute Gasteiger partial charge is 0.333 e. The van der Waals surface area contributed by atoms with E-state index in [-0.39, 0.29) is 12.1 Å². The van der Waals surface area contributed by atoms with E-state index in [1.165, 1.54) is 83.5 Å². The first kappa shape index (κ1) is 23.2. The summed E-state index contributed by atoms with van der Waals surface area (Å²) in [6.07, 6.45) is 20.2. The lowest BCUT2D eigenvalue weighted by atomic mass is 10.0. The zero-order valence-corrected chi connectivity index (χ0v) is 16.7. The highest BCUT2D eigenvalue weighted by Crippen LogP contribution is 2.14. The van der Waals surface area contributed by atoms with E-state index in [4.69, 9.17) is 4.74 Å². The molecule has 0 saturated heterocycles. The molecule has 0 spiro atoms. The molecule has 0 aliphatic rings. The molecule has 1 atom stereocenters. The standard InChI is InChI=1S/C22H42O2/c1-5-6-7-8-9-10-11-12-13-14-15-16-17-18-19-21(4)24-22(23)20(2)3/h21H,2,5-19H2,1,3-4H3. The van der Waals surface area contributed by atoms with Gasteiger partial charge in [0.05, 0.1) is 6.10 Å². The summed E-state index contributed by atoms with van der Waals surface area (Å²) < 4.78 is 5.29. The molecule has 1 unspecified atom stereocenters. The zero-order valence-electron chi connectivity index (χ0n) is 16.7. The molecular weight excluding hydrogens is 296 g/mol. The molecule has 0 aromatic rings. The SMILES string of the molecule is C=C(C)C(=O)OC(C)CCCCCCCCCCCCCCCC. The minimum Gasteiger partial charge on any atom is -0.459 e. The Kier molecular flexibility index (Phi) is 16.5. The largest absolute Gasteiger partial charge is 0.459 e. The number of hydrogen-bond donors (Lipinski definition) is 0. The van der Waals surface area contributed by atoms with Crippen molar-refractivity contribution in [2.45, 2.75) is 123 Å². The summed E-state index contributed by atoms with van der Waals surface area (Å²) in [6.45, 7) is 9.55. The number of unbranched alkanes of at least 4 members (excludes halogenated alkanes) is 13. The highest BCUT2D eigenvalue weighted by atomic mass is 16.5. The van der Waals surface area contributed by atoms with Crippen LogP contribution in [0.2, 0.25) is 0 Å². The van der Waals surface area contributed by atoms with Gasteiger partial charge in [-0.25, -0.2) is 4.79 Å². The van der Waals surface area contributed by atoms with Crippen LogP contribution in [0.15, 0.2) is 12.2 Å². The van der Waals surface area contributed by atoms with Crippen LogP contribution in [0.1, 0.15) is 117 Å². The van der Waals surface area contributed by atoms with Crippen LogP contribution in [-0.2, 0) is 9.53 Å². The van der Waals surface area contributed by atoms with Gasteiger partial charge >= 0.3 is 5.97 Å². The van der Waals surface area contributed by atoms with Crippen LogP contribution >= 0.6 is 0 Å². The molecule has 0 amide bonds. The monoisotopic (exact) mass is 338 g/mol. The lowest BCUT2D eigenvalue weighted by Gasteiger charge is -2.12. The van der Waals surface area contributed by atoms with Crippen molar-refractivity contribution in [3.63, 3.8) is 0 Å². The summed E-state index contributed by atoms with van der Waals surface area (Å²) >= 11 is 0. The number of ether oxygens (including phenoxy) is 1. The van der Waals surface area contributed by atoms with E-state index < -0.39 is 0 Å². The molecule has 0 fully saturated rings. The maximum absolute atomic E-state index is 11.4. The molecule has 24 heavy (non-hydrogen) atoms. The quantitative estimate of drug-likeness (QED) is 0.157. The Morgan fingerprint density at radius 1 is 0.792 bits per heavy atom. The third-order valence-electron chi connectivity index (χ3n) is 4.62. The van der Waals surface area contributed by atoms with E-state index in [0.717, 1.165) is 12.8 Å². The van der Waals surface area contributed by atoms with Crippen LogP contribution in [0, 0.1) is 0 Å². The molecule has 142 valence electrons. The first-order valence-corrected chi connectivity index (χ1v) is 10.4. The van der Waals surface area contributed by atoms with Gasteiger partial charge in [-0.3, -0.25) is 0 Å². The highest BCUT2D eigenvalue weighted by molar-refractivity contribution is 5.87. The van der Waals surface area contributed by atoms with Gasteiger partial charge in [0.2, 0.25) is 0 Å². The molecule has 0 radical (unpaired) electrons. The summed E-state index contributed by atoms with van der Waals surface area (Å²) in [4.78, 5) is 11.4. The first-order chi connectivity index (χ1) is 11.6. The minimum absolute atomic E-state index is 0.0199. The van der Waals surface area contributed by atoms with Gasteiger partial charge < -0.3 is 4.74 Å². The van der Waals surface area contributed by atoms with Crippen molar-refractivity contribution >= 4 is 5.97 Å². The number of rotatable bonds is 17. The second kappa shape index (κ2) is 17.0. The molecule has 0 rings (SSSR count). The second-order valence-electron chi connectivity index (χ2n) is 7.38. The van der Waals surface area contributed by atoms with E-state index in [2.05, 4.69) is 13.5 Å². The molecular formula is C22H42O2. The third kappa shape index (κ3) is 16.1. The maximum Gasteiger partial charge on any atom is 0.333 e. The Hall–Kier alpha value is -0.790. The van der Waals surface area contributed by atoms with Crippen molar-refractivity contribution in [3.05, 3.63) is 12.2 Å². The molecule has 0 aliphatic heterocycles. The summed E-state index contributed by atoms with van der Waals surface area (Å²) in [5.74, 6) is -0.257. The van der Waals surface area contributed by atoms with Crippen LogP contribution in [-0.4, -0.2) is 12.1 Å². The van der Waals surface area contributed by atoms with E-state index >= 15 is 0 Å². The number of carbonyl (C=O) groups is 1. The maximum atomic E-state index is 11.4. The lowest BCUT2D eigenvalue weighted by molar-refractivity contribution is -0.143. The summed E-state index contributed by atoms with van der Waals surface area (Å²) in [7, 11) is 0. The molecule has 0 bridgehead atoms. The van der Waals surface area contributed by atoms with Crippen molar-refractivity contribution < 1.29 is 9.53 Å². The fourth-order valence-electron chi connectivity index (χ4n) is 2.97. The first-order valence-electron chi connectivity index (χ1n) is 10.4. The summed E-state index contributed by atoms with van der Waals surface area (Å²) in [5, 5.41) is 0. The second-order valence-corrected chi connectivity index (χ2v) is 7.38. The fraction of sp³-hybridized carbons (Fsp3) is 0.864. The number of carbonyl (C=O) groups excluding carboxylic acids is 1. The Morgan fingerprint density at radius 2 is 1.17 bits per heavy atom. The lowest BCUT2D eigenvalue weighted by Crippen LogP contribution is -2.15. The molecule has 0 aliphatic carbocycles. The normalized spacial score (nSPS) is 12.1. The molecule has 0 N–H and O–H groups in total. The fourth-order valence-corrected chi connectivity index (χ4v) is 2.97. The number of hydrogen-bond acceptors (Lipinski definition) is 2. The molecule has 0 saturated carbocycles. The van der Waals surface area contributed by atoms with Gasteiger partial charge in [-0.15, -0.1) is 0 Å². The van der Waals surface area contributed by atoms with Crippen LogP contribution in [0.25, 0.3) is 0 Å². The van der Waals surface area contributed by atoms with Crippen molar-refractivity contribution in [1.29, 1.82) is 0 Å². The third-order valence-corrected chi connectivity index (χ3v) is 4.62. The van der Waals surface area contributed by atoms with Crippen LogP contribution in [0.5, 0.6) is 0 Å². The molecule has 0 aromatic heterocycles. The molecule has 2 heteroatoms. The van der Waals surface area contributed by atoms with Gasteiger partial charge in [0.15, 0.2) is 0 Å². The average Bonchev–Trinajstić information content (AvgIpc) is 2.55.